The number of benzene rings is 6. The van der Waals surface area contributed by atoms with Crippen molar-refractivity contribution in [3.63, 3.8) is 0 Å². The summed E-state index contributed by atoms with van der Waals surface area (Å²) in [6.45, 7) is 0. The lowest BCUT2D eigenvalue weighted by Crippen LogP contribution is -2.05. The van der Waals surface area contributed by atoms with Crippen molar-refractivity contribution in [2.75, 3.05) is 0 Å². The summed E-state index contributed by atoms with van der Waals surface area (Å²) in [5.41, 5.74) is 12.3. The first kappa shape index (κ1) is 29.0. The van der Waals surface area contributed by atoms with Gasteiger partial charge in [0.1, 0.15) is 0 Å². The third kappa shape index (κ3) is 4.30. The van der Waals surface area contributed by atoms with E-state index in [-0.39, 0.29) is 0 Å². The Balaban J connectivity index is 1.32. The second kappa shape index (κ2) is 11.5. The zero-order valence-electron chi connectivity index (χ0n) is 26.9. The number of nitriles is 3. The average Bonchev–Trinajstić information content (AvgIpc) is 3.70. The number of nitrogens with zero attached hydrogens (tertiary/aromatic N) is 5. The molecule has 0 aliphatic heterocycles. The zero-order valence-corrected chi connectivity index (χ0v) is 26.9. The summed E-state index contributed by atoms with van der Waals surface area (Å²) in [6.07, 6.45) is 6.38. The van der Waals surface area contributed by atoms with Crippen LogP contribution in [-0.4, -0.2) is 9.13 Å². The molecule has 0 amide bonds. The van der Waals surface area contributed by atoms with Gasteiger partial charge >= 0.3 is 0 Å². The highest BCUT2D eigenvalue weighted by atomic mass is 15.0. The highest BCUT2D eigenvalue weighted by Gasteiger charge is 2.24. The van der Waals surface area contributed by atoms with E-state index in [0.717, 1.165) is 68.2 Å². The number of hydrogen-bond donors (Lipinski definition) is 0. The fraction of sp³-hybridized carbons (Fsp3) is 0.0444. The lowest BCUT2D eigenvalue weighted by molar-refractivity contribution is 0.889. The van der Waals surface area contributed by atoms with Crippen LogP contribution in [0.3, 0.4) is 0 Å². The van der Waals surface area contributed by atoms with Gasteiger partial charge in [-0.05, 0) is 79.1 Å². The minimum atomic E-state index is 0.483. The molecule has 0 saturated heterocycles. The van der Waals surface area contributed by atoms with Gasteiger partial charge in [-0.2, -0.15) is 15.8 Å². The molecule has 0 atom stereocenters. The Morgan fingerprint density at radius 2 is 1.24 bits per heavy atom. The lowest BCUT2D eigenvalue weighted by Gasteiger charge is -2.20. The van der Waals surface area contributed by atoms with Gasteiger partial charge in [-0.15, -0.1) is 0 Å². The molecule has 9 rings (SSSR count). The van der Waals surface area contributed by atoms with E-state index in [2.05, 4.69) is 100 Å². The van der Waals surface area contributed by atoms with Crippen LogP contribution in [0.25, 0.3) is 72.4 Å². The van der Waals surface area contributed by atoms with Crippen molar-refractivity contribution in [2.45, 2.75) is 12.8 Å². The second-order valence-corrected chi connectivity index (χ2v) is 12.5. The molecule has 0 radical (unpaired) electrons. The minimum Gasteiger partial charge on any atom is -0.312 e. The summed E-state index contributed by atoms with van der Waals surface area (Å²) in [4.78, 5) is 0. The zero-order chi connectivity index (χ0) is 33.8. The molecule has 0 bridgehead atoms. The van der Waals surface area contributed by atoms with Crippen LogP contribution in [0.5, 0.6) is 0 Å². The Bertz CT molecular complexity index is 2860. The van der Waals surface area contributed by atoms with Gasteiger partial charge in [0, 0.05) is 49.8 Å². The van der Waals surface area contributed by atoms with Crippen molar-refractivity contribution in [1.82, 2.24) is 9.13 Å². The molecule has 5 heteroatoms. The number of hydrogen-bond acceptors (Lipinski definition) is 3. The van der Waals surface area contributed by atoms with Crippen LogP contribution in [0.1, 0.15) is 34.4 Å². The van der Waals surface area contributed by atoms with Crippen LogP contribution in [-0.2, 0) is 6.42 Å². The Hall–Kier alpha value is -7.13. The largest absolute Gasteiger partial charge is 0.312 e. The summed E-state index contributed by atoms with van der Waals surface area (Å²) in [5, 5.41) is 34.0. The molecule has 2 heterocycles. The number of allylic oxidation sites excluding steroid dienone is 1. The standard InChI is InChI=1S/C45H27N5/c46-26-29-20-23-44-39(24-29)36-14-4-5-16-40(36)49(44)32-22-21-30(27-47)38(25-32)45-31(28-48)10-9-15-37(45)35-13-3-8-19-43(35)50-41-17-6-1-11-33(41)34-12-2-7-18-42(34)50/h1-6,8-17,19-25H,7,18H2. The van der Waals surface area contributed by atoms with E-state index in [1.54, 1.807) is 0 Å². The molecule has 1 aliphatic rings. The predicted octanol–water partition coefficient (Wildman–Crippen LogP) is 10.6. The third-order valence-electron chi connectivity index (χ3n) is 9.92. The molecule has 0 spiro atoms. The maximum Gasteiger partial charge on any atom is 0.0998 e. The lowest BCUT2D eigenvalue weighted by atomic mass is 9.87. The minimum absolute atomic E-state index is 0.483. The van der Waals surface area contributed by atoms with Crippen molar-refractivity contribution in [2.24, 2.45) is 0 Å². The molecule has 0 fully saturated rings. The number of rotatable bonds is 4. The molecular formula is C45H27N5. The van der Waals surface area contributed by atoms with Crippen LogP contribution >= 0.6 is 0 Å². The van der Waals surface area contributed by atoms with Crippen LogP contribution in [0.2, 0.25) is 0 Å². The Morgan fingerprint density at radius 3 is 2.06 bits per heavy atom. The SMILES string of the molecule is N#Cc1ccc2c(c1)c1ccccc1n2-c1ccc(C#N)c(-c2c(C#N)cccc2-c2ccccc2-n2c3c(c4ccccc42)C=CCC3)c1. The summed E-state index contributed by atoms with van der Waals surface area (Å²) < 4.78 is 4.55. The molecule has 232 valence electrons. The van der Waals surface area contributed by atoms with Gasteiger partial charge < -0.3 is 9.13 Å². The van der Waals surface area contributed by atoms with E-state index < -0.39 is 0 Å². The number of fused-ring (bicyclic) bond motifs is 6. The smallest absolute Gasteiger partial charge is 0.0998 e. The molecule has 5 nitrogen and oxygen atoms in total. The molecule has 0 saturated carbocycles. The second-order valence-electron chi connectivity index (χ2n) is 12.5. The molecule has 8 aromatic rings. The van der Waals surface area contributed by atoms with Crippen molar-refractivity contribution in [3.05, 3.63) is 161 Å². The Morgan fingerprint density at radius 1 is 0.520 bits per heavy atom. The first-order chi connectivity index (χ1) is 24.7. The van der Waals surface area contributed by atoms with Gasteiger partial charge in [0.2, 0.25) is 0 Å². The quantitative estimate of drug-likeness (QED) is 0.193. The summed E-state index contributed by atoms with van der Waals surface area (Å²) in [6, 6.07) is 49.6. The highest BCUT2D eigenvalue weighted by Crippen LogP contribution is 2.43. The first-order valence-electron chi connectivity index (χ1n) is 16.6. The van der Waals surface area contributed by atoms with Crippen molar-refractivity contribution < 1.29 is 0 Å². The monoisotopic (exact) mass is 637 g/mol. The van der Waals surface area contributed by atoms with E-state index >= 15 is 0 Å². The Labute approximate surface area is 289 Å². The van der Waals surface area contributed by atoms with Gasteiger partial charge in [-0.25, -0.2) is 0 Å². The van der Waals surface area contributed by atoms with Crippen molar-refractivity contribution in [3.8, 4) is 51.8 Å². The van der Waals surface area contributed by atoms with Crippen LogP contribution in [0.4, 0.5) is 0 Å². The first-order valence-corrected chi connectivity index (χ1v) is 16.6. The maximum atomic E-state index is 10.6. The molecule has 50 heavy (non-hydrogen) atoms. The molecule has 0 N–H and O–H groups in total. The molecular weight excluding hydrogens is 611 g/mol. The summed E-state index contributed by atoms with van der Waals surface area (Å²) in [5.74, 6) is 0. The molecule has 6 aromatic carbocycles. The molecule has 2 aromatic heterocycles. The normalized spacial score (nSPS) is 12.1. The number of aromatic nitrogens is 2. The van der Waals surface area contributed by atoms with E-state index in [1.165, 1.54) is 16.6 Å². The highest BCUT2D eigenvalue weighted by molar-refractivity contribution is 6.10. The van der Waals surface area contributed by atoms with E-state index in [1.807, 2.05) is 66.7 Å². The van der Waals surface area contributed by atoms with Crippen LogP contribution in [0, 0.1) is 34.0 Å². The third-order valence-corrected chi connectivity index (χ3v) is 9.92. The fourth-order valence-corrected chi connectivity index (χ4v) is 7.80. The Kier molecular flexibility index (Phi) is 6.70. The summed E-state index contributed by atoms with van der Waals surface area (Å²) >= 11 is 0. The van der Waals surface area contributed by atoms with E-state index in [0.29, 0.717) is 22.3 Å². The topological polar surface area (TPSA) is 81.2 Å². The van der Waals surface area contributed by atoms with Crippen molar-refractivity contribution in [1.29, 1.82) is 15.8 Å². The van der Waals surface area contributed by atoms with Gasteiger partial charge in [0.05, 0.1) is 57.1 Å². The van der Waals surface area contributed by atoms with Gasteiger partial charge in [-0.1, -0.05) is 78.9 Å². The van der Waals surface area contributed by atoms with Crippen molar-refractivity contribution >= 4 is 38.8 Å². The number of para-hydroxylation sites is 3. The maximum absolute atomic E-state index is 10.6. The van der Waals surface area contributed by atoms with Gasteiger partial charge in [0.15, 0.2) is 0 Å². The van der Waals surface area contributed by atoms with E-state index in [9.17, 15) is 15.8 Å². The van der Waals surface area contributed by atoms with E-state index in [4.69, 9.17) is 0 Å². The summed E-state index contributed by atoms with van der Waals surface area (Å²) in [7, 11) is 0. The fourth-order valence-electron chi connectivity index (χ4n) is 7.80. The van der Waals surface area contributed by atoms with Gasteiger partial charge in [0.25, 0.3) is 0 Å². The van der Waals surface area contributed by atoms with Crippen LogP contribution < -0.4 is 0 Å². The van der Waals surface area contributed by atoms with Gasteiger partial charge in [-0.3, -0.25) is 0 Å². The van der Waals surface area contributed by atoms with Crippen LogP contribution in [0.15, 0.2) is 133 Å². The predicted molar refractivity (Wildman–Crippen MR) is 200 cm³/mol. The molecule has 0 unspecified atom stereocenters. The molecule has 1 aliphatic carbocycles. The average molecular weight is 638 g/mol.